The normalized spacial score (nSPS) is 29.6. The monoisotopic (exact) mass is 626 g/mol. The highest BCUT2D eigenvalue weighted by molar-refractivity contribution is 5.98. The standard InChI is InChI=1S/C36H46N6O4/c43-33-18-25-10-4-5-11-26(25)21-37-34(44)31-19-28(38-27-12-6-7-13-27)22-41(31)30-14-16-40(17-15-30)36(46)32-20-29(39-33)23-42(32)35(45)24-8-2-1-3-9-24/h1-5,8-11,27-32,38H,6-7,12-23H2,(H,37,44)(H,39,43)/t28-,29+,31-,32-/m0/s1. The van der Waals surface area contributed by atoms with Crippen molar-refractivity contribution in [2.45, 2.75) is 101 Å². The number of rotatable bonds is 3. The highest BCUT2D eigenvalue weighted by atomic mass is 16.2. The van der Waals surface area contributed by atoms with Crippen LogP contribution in [-0.2, 0) is 27.3 Å². The van der Waals surface area contributed by atoms with Gasteiger partial charge in [-0.2, -0.15) is 0 Å². The first-order valence-corrected chi connectivity index (χ1v) is 17.2. The molecule has 6 aliphatic rings. The van der Waals surface area contributed by atoms with Crippen molar-refractivity contribution in [2.24, 2.45) is 0 Å². The van der Waals surface area contributed by atoms with Crippen molar-refractivity contribution in [1.29, 1.82) is 0 Å². The van der Waals surface area contributed by atoms with Gasteiger partial charge < -0.3 is 25.8 Å². The largest absolute Gasteiger partial charge is 0.351 e. The molecule has 4 bridgehead atoms. The molecule has 3 N–H and O–H groups in total. The summed E-state index contributed by atoms with van der Waals surface area (Å²) < 4.78 is 0. The third kappa shape index (κ3) is 6.55. The smallest absolute Gasteiger partial charge is 0.254 e. The fourth-order valence-electron chi connectivity index (χ4n) is 8.50. The summed E-state index contributed by atoms with van der Waals surface area (Å²) in [6.07, 6.45) is 7.81. The summed E-state index contributed by atoms with van der Waals surface area (Å²) in [5.41, 5.74) is 2.32. The maximum Gasteiger partial charge on any atom is 0.254 e. The molecule has 4 fully saturated rings. The predicted octanol–water partition coefficient (Wildman–Crippen LogP) is 2.22. The van der Waals surface area contributed by atoms with Crippen molar-refractivity contribution in [3.63, 3.8) is 0 Å². The molecule has 244 valence electrons. The molecule has 0 radical (unpaired) electrons. The van der Waals surface area contributed by atoms with E-state index in [0.29, 0.717) is 37.7 Å². The van der Waals surface area contributed by atoms with Gasteiger partial charge in [0.25, 0.3) is 5.91 Å². The summed E-state index contributed by atoms with van der Waals surface area (Å²) in [5.74, 6) is -0.369. The molecule has 0 unspecified atom stereocenters. The molecule has 1 aliphatic carbocycles. The topological polar surface area (TPSA) is 114 Å². The average molecular weight is 627 g/mol. The van der Waals surface area contributed by atoms with Crippen molar-refractivity contribution in [1.82, 2.24) is 30.7 Å². The lowest BCUT2D eigenvalue weighted by molar-refractivity contribution is -0.137. The van der Waals surface area contributed by atoms with E-state index in [4.69, 9.17) is 0 Å². The molecular weight excluding hydrogens is 580 g/mol. The molecule has 3 saturated heterocycles. The number of carbonyl (C=O) groups is 4. The number of hydrogen-bond acceptors (Lipinski definition) is 6. The second kappa shape index (κ2) is 13.5. The van der Waals surface area contributed by atoms with Gasteiger partial charge in [0.1, 0.15) is 6.04 Å². The van der Waals surface area contributed by atoms with E-state index in [0.717, 1.165) is 36.9 Å². The number of hydrogen-bond donors (Lipinski definition) is 3. The van der Waals surface area contributed by atoms with Crippen molar-refractivity contribution < 1.29 is 19.2 Å². The van der Waals surface area contributed by atoms with Gasteiger partial charge in [0.15, 0.2) is 0 Å². The minimum absolute atomic E-state index is 0.0303. The summed E-state index contributed by atoms with van der Waals surface area (Å²) in [6, 6.07) is 16.6. The van der Waals surface area contributed by atoms with E-state index < -0.39 is 6.04 Å². The molecule has 8 rings (SSSR count). The number of nitrogens with one attached hydrogen (secondary N) is 3. The molecule has 46 heavy (non-hydrogen) atoms. The van der Waals surface area contributed by atoms with Gasteiger partial charge in [-0.05, 0) is 61.8 Å². The van der Waals surface area contributed by atoms with Crippen LogP contribution < -0.4 is 16.0 Å². The van der Waals surface area contributed by atoms with Crippen LogP contribution in [0.5, 0.6) is 0 Å². The van der Waals surface area contributed by atoms with Gasteiger partial charge in [-0.25, -0.2) is 0 Å². The SMILES string of the molecule is O=C1Cc2ccccc2CNC(=O)[C@@H]2C[C@H](NC3CCCC3)CN2C2CCN(CC2)C(=O)[C@@H]2C[C@H](CN2C(=O)c2ccccc2)N1. The van der Waals surface area contributed by atoms with Crippen molar-refractivity contribution in [2.75, 3.05) is 26.2 Å². The van der Waals surface area contributed by atoms with E-state index >= 15 is 0 Å². The number of carbonyl (C=O) groups excluding carboxylic acids is 4. The van der Waals surface area contributed by atoms with E-state index in [-0.39, 0.29) is 60.8 Å². The number of piperidine rings is 1. The Bertz CT molecular complexity index is 1440. The maximum atomic E-state index is 14.1. The molecule has 4 atom stereocenters. The first-order valence-electron chi connectivity index (χ1n) is 17.2. The number of nitrogens with zero attached hydrogens (tertiary/aromatic N) is 3. The molecule has 5 aliphatic heterocycles. The number of amides is 4. The van der Waals surface area contributed by atoms with E-state index in [2.05, 4.69) is 20.9 Å². The average Bonchev–Trinajstić information content (AvgIpc) is 3.85. The van der Waals surface area contributed by atoms with E-state index in [1.165, 1.54) is 25.7 Å². The Kier molecular flexibility index (Phi) is 9.08. The zero-order valence-corrected chi connectivity index (χ0v) is 26.5. The van der Waals surface area contributed by atoms with Crippen molar-refractivity contribution >= 4 is 23.6 Å². The second-order valence-electron chi connectivity index (χ2n) is 13.9. The van der Waals surface area contributed by atoms with Crippen LogP contribution in [-0.4, -0.2) is 101 Å². The summed E-state index contributed by atoms with van der Waals surface area (Å²) in [6.45, 7) is 2.65. The molecule has 0 spiro atoms. The van der Waals surface area contributed by atoms with Crippen LogP contribution in [0.2, 0.25) is 0 Å². The third-order valence-corrected chi connectivity index (χ3v) is 10.9. The lowest BCUT2D eigenvalue weighted by atomic mass is 10.00. The number of fused-ring (bicyclic) bond motifs is 6. The van der Waals surface area contributed by atoms with Gasteiger partial charge in [0.2, 0.25) is 17.7 Å². The number of likely N-dealkylation sites (tertiary alicyclic amines) is 1. The van der Waals surface area contributed by atoms with Gasteiger partial charge >= 0.3 is 0 Å². The number of benzene rings is 2. The highest BCUT2D eigenvalue weighted by Gasteiger charge is 2.45. The van der Waals surface area contributed by atoms with Crippen LogP contribution in [0, 0.1) is 0 Å². The Morgan fingerprint density at radius 1 is 0.783 bits per heavy atom. The Morgan fingerprint density at radius 3 is 2.26 bits per heavy atom. The Hall–Kier alpha value is -3.76. The fourth-order valence-corrected chi connectivity index (χ4v) is 8.50. The lowest BCUT2D eigenvalue weighted by Crippen LogP contribution is -2.54. The highest BCUT2D eigenvalue weighted by Crippen LogP contribution is 2.30. The first kappa shape index (κ1) is 30.9. The van der Waals surface area contributed by atoms with Crippen molar-refractivity contribution in [3.05, 3.63) is 71.3 Å². The van der Waals surface area contributed by atoms with E-state index in [1.807, 2.05) is 47.4 Å². The van der Waals surface area contributed by atoms with Gasteiger partial charge in [-0.3, -0.25) is 24.1 Å². The van der Waals surface area contributed by atoms with Crippen LogP contribution in [0.3, 0.4) is 0 Å². The molecule has 10 nitrogen and oxygen atoms in total. The first-order chi connectivity index (χ1) is 22.4. The fraction of sp³-hybridized carbons (Fsp3) is 0.556. The quantitative estimate of drug-likeness (QED) is 0.482. The molecule has 4 amide bonds. The second-order valence-corrected chi connectivity index (χ2v) is 13.9. The molecular formula is C36H46N6O4. The molecule has 5 heterocycles. The van der Waals surface area contributed by atoms with Crippen LogP contribution in [0.1, 0.15) is 72.9 Å². The molecule has 2 aromatic carbocycles. The predicted molar refractivity (Wildman–Crippen MR) is 174 cm³/mol. The summed E-state index contributed by atoms with van der Waals surface area (Å²) >= 11 is 0. The lowest BCUT2D eigenvalue weighted by Gasteiger charge is -2.40. The zero-order chi connectivity index (χ0) is 31.6. The molecule has 0 aromatic heterocycles. The van der Waals surface area contributed by atoms with Crippen LogP contribution >= 0.6 is 0 Å². The summed E-state index contributed by atoms with van der Waals surface area (Å²) in [5, 5.41) is 10.2. The van der Waals surface area contributed by atoms with Gasteiger partial charge in [0, 0.05) is 62.5 Å². The maximum absolute atomic E-state index is 14.1. The van der Waals surface area contributed by atoms with Crippen LogP contribution in [0.15, 0.2) is 54.6 Å². The summed E-state index contributed by atoms with van der Waals surface area (Å²) in [4.78, 5) is 60.9. The molecule has 1 saturated carbocycles. The Balaban J connectivity index is 1.15. The minimum Gasteiger partial charge on any atom is -0.351 e. The molecule has 2 aromatic rings. The molecule has 10 heteroatoms. The van der Waals surface area contributed by atoms with Crippen molar-refractivity contribution in [3.8, 4) is 0 Å². The Morgan fingerprint density at radius 2 is 1.50 bits per heavy atom. The van der Waals surface area contributed by atoms with Crippen LogP contribution in [0.4, 0.5) is 0 Å². The van der Waals surface area contributed by atoms with Gasteiger partial charge in [0.05, 0.1) is 12.5 Å². The minimum atomic E-state index is -0.633. The zero-order valence-electron chi connectivity index (χ0n) is 26.5. The van der Waals surface area contributed by atoms with E-state index in [9.17, 15) is 19.2 Å². The third-order valence-electron chi connectivity index (χ3n) is 10.9. The Labute approximate surface area is 271 Å². The van der Waals surface area contributed by atoms with Gasteiger partial charge in [-0.1, -0.05) is 55.3 Å². The van der Waals surface area contributed by atoms with Gasteiger partial charge in [-0.15, -0.1) is 0 Å². The van der Waals surface area contributed by atoms with E-state index in [1.54, 1.807) is 17.0 Å². The summed E-state index contributed by atoms with van der Waals surface area (Å²) in [7, 11) is 0. The van der Waals surface area contributed by atoms with Crippen LogP contribution in [0.25, 0.3) is 0 Å².